The standard InChI is InChI=1S/C15H14ClN3O2/c16-14-9-13(10-3-1-2-4-10)17-15(18-14)11-5-7-12(8-6-11)19(20)21/h5-10H,1-4H2. The molecular weight excluding hydrogens is 290 g/mol. The highest BCUT2D eigenvalue weighted by molar-refractivity contribution is 6.29. The van der Waals surface area contributed by atoms with Crippen molar-refractivity contribution < 1.29 is 4.92 Å². The fourth-order valence-electron chi connectivity index (χ4n) is 2.73. The molecule has 0 aliphatic heterocycles. The van der Waals surface area contributed by atoms with Crippen molar-refractivity contribution in [1.82, 2.24) is 9.97 Å². The van der Waals surface area contributed by atoms with E-state index in [9.17, 15) is 10.1 Å². The van der Waals surface area contributed by atoms with Crippen molar-refractivity contribution in [1.29, 1.82) is 0 Å². The van der Waals surface area contributed by atoms with Gasteiger partial charge in [0.15, 0.2) is 5.82 Å². The molecule has 108 valence electrons. The van der Waals surface area contributed by atoms with E-state index in [1.54, 1.807) is 12.1 Å². The van der Waals surface area contributed by atoms with Crippen LogP contribution in [0.4, 0.5) is 5.69 Å². The molecule has 5 nitrogen and oxygen atoms in total. The molecule has 1 aromatic heterocycles. The van der Waals surface area contributed by atoms with Crippen molar-refractivity contribution in [2.45, 2.75) is 31.6 Å². The van der Waals surface area contributed by atoms with Crippen LogP contribution in [0.25, 0.3) is 11.4 Å². The molecule has 0 bridgehead atoms. The maximum Gasteiger partial charge on any atom is 0.269 e. The fraction of sp³-hybridized carbons (Fsp3) is 0.333. The van der Waals surface area contributed by atoms with Gasteiger partial charge in [0.05, 0.1) is 4.92 Å². The molecule has 6 heteroatoms. The Morgan fingerprint density at radius 2 is 1.81 bits per heavy atom. The Labute approximate surface area is 127 Å². The predicted octanol–water partition coefficient (Wildman–Crippen LogP) is 4.36. The van der Waals surface area contributed by atoms with E-state index in [-0.39, 0.29) is 5.69 Å². The highest BCUT2D eigenvalue weighted by Gasteiger charge is 2.20. The van der Waals surface area contributed by atoms with Crippen molar-refractivity contribution in [2.24, 2.45) is 0 Å². The van der Waals surface area contributed by atoms with Gasteiger partial charge < -0.3 is 0 Å². The maximum atomic E-state index is 10.7. The number of halogens is 1. The van der Waals surface area contributed by atoms with Crippen molar-refractivity contribution >= 4 is 17.3 Å². The first-order chi connectivity index (χ1) is 10.1. The van der Waals surface area contributed by atoms with Crippen LogP contribution in [0.3, 0.4) is 0 Å². The van der Waals surface area contributed by atoms with Gasteiger partial charge in [-0.25, -0.2) is 9.97 Å². The number of nitro benzene ring substituents is 1. The van der Waals surface area contributed by atoms with Gasteiger partial charge in [0.25, 0.3) is 5.69 Å². The van der Waals surface area contributed by atoms with Crippen LogP contribution in [0.2, 0.25) is 5.15 Å². The second-order valence-electron chi connectivity index (χ2n) is 5.22. The number of aromatic nitrogens is 2. The van der Waals surface area contributed by atoms with E-state index in [1.807, 2.05) is 6.07 Å². The molecule has 1 aromatic carbocycles. The number of rotatable bonds is 3. The van der Waals surface area contributed by atoms with Gasteiger partial charge in [-0.05, 0) is 31.0 Å². The number of non-ortho nitro benzene ring substituents is 1. The zero-order chi connectivity index (χ0) is 14.8. The Morgan fingerprint density at radius 1 is 1.14 bits per heavy atom. The van der Waals surface area contributed by atoms with Crippen molar-refractivity contribution in [3.63, 3.8) is 0 Å². The summed E-state index contributed by atoms with van der Waals surface area (Å²) in [6, 6.07) is 8.04. The van der Waals surface area contributed by atoms with E-state index >= 15 is 0 Å². The highest BCUT2D eigenvalue weighted by atomic mass is 35.5. The summed E-state index contributed by atoms with van der Waals surface area (Å²) in [6.07, 6.45) is 4.71. The van der Waals surface area contributed by atoms with Crippen molar-refractivity contribution in [3.8, 4) is 11.4 Å². The van der Waals surface area contributed by atoms with Crippen LogP contribution < -0.4 is 0 Å². The minimum absolute atomic E-state index is 0.0526. The van der Waals surface area contributed by atoms with Gasteiger partial charge in [0.1, 0.15) is 5.15 Å². The zero-order valence-corrected chi connectivity index (χ0v) is 12.1. The summed E-state index contributed by atoms with van der Waals surface area (Å²) in [5.41, 5.74) is 1.76. The molecular formula is C15H14ClN3O2. The van der Waals surface area contributed by atoms with Gasteiger partial charge in [-0.1, -0.05) is 24.4 Å². The Balaban J connectivity index is 1.95. The molecule has 1 aliphatic rings. The molecule has 2 aromatic rings. The van der Waals surface area contributed by atoms with E-state index in [0.717, 1.165) is 24.1 Å². The minimum Gasteiger partial charge on any atom is -0.258 e. The highest BCUT2D eigenvalue weighted by Crippen LogP contribution is 2.34. The Hall–Kier alpha value is -2.01. The minimum atomic E-state index is -0.424. The van der Waals surface area contributed by atoms with Gasteiger partial charge >= 0.3 is 0 Å². The fourth-order valence-corrected chi connectivity index (χ4v) is 2.92. The van der Waals surface area contributed by atoms with E-state index in [2.05, 4.69) is 9.97 Å². The lowest BCUT2D eigenvalue weighted by molar-refractivity contribution is -0.384. The van der Waals surface area contributed by atoms with Crippen molar-refractivity contribution in [3.05, 3.63) is 51.3 Å². The van der Waals surface area contributed by atoms with Gasteiger partial charge in [0.2, 0.25) is 0 Å². The average Bonchev–Trinajstić information content (AvgIpc) is 3.01. The molecule has 0 N–H and O–H groups in total. The van der Waals surface area contributed by atoms with E-state index in [0.29, 0.717) is 16.9 Å². The molecule has 3 rings (SSSR count). The van der Waals surface area contributed by atoms with Crippen LogP contribution in [-0.4, -0.2) is 14.9 Å². The number of nitro groups is 1. The normalized spacial score (nSPS) is 15.3. The predicted molar refractivity (Wildman–Crippen MR) is 80.3 cm³/mol. The molecule has 0 atom stereocenters. The molecule has 0 amide bonds. The molecule has 1 heterocycles. The first-order valence-electron chi connectivity index (χ1n) is 6.93. The number of benzene rings is 1. The third kappa shape index (κ3) is 3.03. The summed E-state index contributed by atoms with van der Waals surface area (Å²) in [5.74, 6) is 0.974. The lowest BCUT2D eigenvalue weighted by Crippen LogP contribution is -2.00. The molecule has 1 aliphatic carbocycles. The summed E-state index contributed by atoms with van der Waals surface area (Å²) in [7, 11) is 0. The quantitative estimate of drug-likeness (QED) is 0.480. The van der Waals surface area contributed by atoms with Crippen LogP contribution in [0.5, 0.6) is 0 Å². The van der Waals surface area contributed by atoms with Crippen LogP contribution in [0, 0.1) is 10.1 Å². The van der Waals surface area contributed by atoms with Crippen LogP contribution in [0.1, 0.15) is 37.3 Å². The van der Waals surface area contributed by atoms with Gasteiger partial charge in [-0.3, -0.25) is 10.1 Å². The lowest BCUT2D eigenvalue weighted by Gasteiger charge is -2.10. The van der Waals surface area contributed by atoms with Gasteiger partial charge in [-0.15, -0.1) is 0 Å². The number of nitrogens with zero attached hydrogens (tertiary/aromatic N) is 3. The zero-order valence-electron chi connectivity index (χ0n) is 11.3. The summed E-state index contributed by atoms with van der Waals surface area (Å²) < 4.78 is 0. The summed E-state index contributed by atoms with van der Waals surface area (Å²) >= 11 is 6.10. The second kappa shape index (κ2) is 5.77. The Kier molecular flexibility index (Phi) is 3.84. The average molecular weight is 304 g/mol. The molecule has 0 spiro atoms. The van der Waals surface area contributed by atoms with E-state index in [4.69, 9.17) is 11.6 Å². The number of hydrogen-bond acceptors (Lipinski definition) is 4. The molecule has 0 radical (unpaired) electrons. The van der Waals surface area contributed by atoms with Gasteiger partial charge in [-0.2, -0.15) is 0 Å². The Bertz CT molecular complexity index is 667. The lowest BCUT2D eigenvalue weighted by atomic mass is 10.0. The first kappa shape index (κ1) is 13.9. The molecule has 0 saturated heterocycles. The molecule has 0 unspecified atom stereocenters. The monoisotopic (exact) mass is 303 g/mol. The van der Waals surface area contributed by atoms with Gasteiger partial charge in [0, 0.05) is 29.3 Å². The van der Waals surface area contributed by atoms with E-state index < -0.39 is 4.92 Å². The topological polar surface area (TPSA) is 68.9 Å². The molecule has 21 heavy (non-hydrogen) atoms. The summed E-state index contributed by atoms with van der Waals surface area (Å²) in [6.45, 7) is 0. The third-order valence-corrected chi connectivity index (χ3v) is 4.02. The number of hydrogen-bond donors (Lipinski definition) is 0. The van der Waals surface area contributed by atoms with Crippen LogP contribution in [0.15, 0.2) is 30.3 Å². The molecule has 1 saturated carbocycles. The van der Waals surface area contributed by atoms with Crippen LogP contribution in [-0.2, 0) is 0 Å². The summed E-state index contributed by atoms with van der Waals surface area (Å²) in [5, 5.41) is 11.1. The largest absolute Gasteiger partial charge is 0.269 e. The third-order valence-electron chi connectivity index (χ3n) is 3.82. The maximum absolute atomic E-state index is 10.7. The summed E-state index contributed by atoms with van der Waals surface area (Å²) in [4.78, 5) is 19.1. The van der Waals surface area contributed by atoms with E-state index in [1.165, 1.54) is 25.0 Å². The van der Waals surface area contributed by atoms with Crippen molar-refractivity contribution in [2.75, 3.05) is 0 Å². The van der Waals surface area contributed by atoms with Crippen LogP contribution >= 0.6 is 11.6 Å². The second-order valence-corrected chi connectivity index (χ2v) is 5.61. The smallest absolute Gasteiger partial charge is 0.258 e. The first-order valence-corrected chi connectivity index (χ1v) is 7.30. The Morgan fingerprint density at radius 3 is 2.43 bits per heavy atom. The SMILES string of the molecule is O=[N+]([O-])c1ccc(-c2nc(Cl)cc(C3CCCC3)n2)cc1. The molecule has 1 fully saturated rings.